The molecule has 0 aromatic carbocycles. The maximum Gasteiger partial charge on any atom is 0.239 e. The van der Waals surface area contributed by atoms with Gasteiger partial charge >= 0.3 is 0 Å². The van der Waals surface area contributed by atoms with Crippen molar-refractivity contribution in [2.75, 3.05) is 38.2 Å². The minimum atomic E-state index is -0.141. The van der Waals surface area contributed by atoms with Crippen LogP contribution >= 0.6 is 11.3 Å². The van der Waals surface area contributed by atoms with Gasteiger partial charge in [0.05, 0.1) is 51.9 Å². The molecule has 1 saturated carbocycles. The summed E-state index contributed by atoms with van der Waals surface area (Å²) in [5.74, 6) is 0.0116. The largest absolute Gasteiger partial charge is 0.379 e. The van der Waals surface area contributed by atoms with Crippen molar-refractivity contribution in [2.45, 2.75) is 44.7 Å². The van der Waals surface area contributed by atoms with Crippen molar-refractivity contribution >= 4 is 38.2 Å². The van der Waals surface area contributed by atoms with Gasteiger partial charge < -0.3 is 20.4 Å². The maximum atomic E-state index is 12.3. The SMILES string of the molecule is CC1(C)CCC2(C(=N)c3cc4sc(NC(=O)CN5CCOCC5)cc4[nH]3)NC2C1. The molecule has 2 aromatic heterocycles. The molecule has 5 rings (SSSR count). The van der Waals surface area contributed by atoms with Gasteiger partial charge in [0.15, 0.2) is 0 Å². The second-order valence-corrected chi connectivity index (χ2v) is 10.5. The van der Waals surface area contributed by atoms with Crippen LogP contribution in [0, 0.1) is 10.8 Å². The standard InChI is InChI=1S/C21H29N5O2S/c1-20(2)3-4-21(16(11-20)25-21)19(22)14-9-15-13(23-14)10-18(29-15)24-17(27)12-26-5-7-28-8-6-26/h9-10,16,22-23,25H,3-8,11-12H2,1-2H3,(H,24,27). The van der Waals surface area contributed by atoms with E-state index >= 15 is 0 Å². The summed E-state index contributed by atoms with van der Waals surface area (Å²) >= 11 is 1.56. The van der Waals surface area contributed by atoms with Gasteiger partial charge in [0.25, 0.3) is 0 Å². The second-order valence-electron chi connectivity index (χ2n) is 9.42. The second kappa shape index (κ2) is 6.91. The molecule has 4 heterocycles. The van der Waals surface area contributed by atoms with Gasteiger partial charge in [-0.05, 0) is 36.8 Å². The highest BCUT2D eigenvalue weighted by molar-refractivity contribution is 7.23. The van der Waals surface area contributed by atoms with Crippen molar-refractivity contribution in [1.29, 1.82) is 5.41 Å². The van der Waals surface area contributed by atoms with E-state index in [0.29, 0.717) is 36.9 Å². The first-order valence-electron chi connectivity index (χ1n) is 10.4. The highest BCUT2D eigenvalue weighted by atomic mass is 32.1. The smallest absolute Gasteiger partial charge is 0.239 e. The van der Waals surface area contributed by atoms with E-state index in [4.69, 9.17) is 10.1 Å². The number of fused-ring (bicyclic) bond motifs is 2. The van der Waals surface area contributed by atoms with Gasteiger partial charge in [-0.1, -0.05) is 13.8 Å². The number of hydrogen-bond acceptors (Lipinski definition) is 6. The lowest BCUT2D eigenvalue weighted by Gasteiger charge is -2.32. The number of amides is 1. The van der Waals surface area contributed by atoms with Crippen LogP contribution in [0.5, 0.6) is 0 Å². The van der Waals surface area contributed by atoms with E-state index in [1.165, 1.54) is 0 Å². The van der Waals surface area contributed by atoms with Crippen LogP contribution in [0.15, 0.2) is 12.1 Å². The highest BCUT2D eigenvalue weighted by Crippen LogP contribution is 2.49. The molecule has 3 aliphatic rings. The molecule has 156 valence electrons. The Labute approximate surface area is 174 Å². The average Bonchev–Trinajstić information content (AvgIpc) is 3.05. The van der Waals surface area contributed by atoms with Crippen LogP contribution < -0.4 is 10.6 Å². The van der Waals surface area contributed by atoms with Crippen molar-refractivity contribution in [1.82, 2.24) is 15.2 Å². The molecule has 0 bridgehead atoms. The number of aromatic amines is 1. The molecule has 7 nitrogen and oxygen atoms in total. The fourth-order valence-electron chi connectivity index (χ4n) is 4.80. The van der Waals surface area contributed by atoms with Crippen molar-refractivity contribution in [3.63, 3.8) is 0 Å². The van der Waals surface area contributed by atoms with Crippen molar-refractivity contribution in [2.24, 2.45) is 5.41 Å². The van der Waals surface area contributed by atoms with Crippen LogP contribution in [-0.4, -0.2) is 65.9 Å². The molecule has 1 amide bonds. The first-order chi connectivity index (χ1) is 13.8. The molecule has 4 N–H and O–H groups in total. The fourth-order valence-corrected chi connectivity index (χ4v) is 5.78. The van der Waals surface area contributed by atoms with Crippen molar-refractivity contribution < 1.29 is 9.53 Å². The Balaban J connectivity index is 1.24. The zero-order valence-electron chi connectivity index (χ0n) is 17.1. The summed E-state index contributed by atoms with van der Waals surface area (Å²) in [7, 11) is 0. The van der Waals surface area contributed by atoms with Gasteiger partial charge in [-0.25, -0.2) is 0 Å². The first-order valence-corrected chi connectivity index (χ1v) is 11.3. The average molecular weight is 416 g/mol. The van der Waals surface area contributed by atoms with Crippen LogP contribution in [0.25, 0.3) is 10.2 Å². The van der Waals surface area contributed by atoms with Crippen LogP contribution in [0.3, 0.4) is 0 Å². The number of nitrogens with zero attached hydrogens (tertiary/aromatic N) is 1. The molecule has 1 aliphatic carbocycles. The van der Waals surface area contributed by atoms with E-state index in [0.717, 1.165) is 53.3 Å². The van der Waals surface area contributed by atoms with E-state index in [9.17, 15) is 4.79 Å². The molecule has 3 fully saturated rings. The summed E-state index contributed by atoms with van der Waals surface area (Å²) in [5, 5.41) is 16.3. The summed E-state index contributed by atoms with van der Waals surface area (Å²) < 4.78 is 6.41. The molecule has 2 unspecified atom stereocenters. The third kappa shape index (κ3) is 3.63. The number of H-pyrrole nitrogens is 1. The molecule has 2 atom stereocenters. The van der Waals surface area contributed by atoms with E-state index in [-0.39, 0.29) is 11.4 Å². The third-order valence-corrected chi connectivity index (χ3v) is 7.65. The molecular weight excluding hydrogens is 386 g/mol. The molecule has 29 heavy (non-hydrogen) atoms. The monoisotopic (exact) mass is 415 g/mol. The minimum absolute atomic E-state index is 0.0116. The van der Waals surface area contributed by atoms with E-state index in [1.54, 1.807) is 11.3 Å². The van der Waals surface area contributed by atoms with Gasteiger partial charge in [-0.15, -0.1) is 11.3 Å². The van der Waals surface area contributed by atoms with E-state index in [1.807, 2.05) is 6.07 Å². The minimum Gasteiger partial charge on any atom is -0.379 e. The summed E-state index contributed by atoms with van der Waals surface area (Å²) in [5.41, 5.74) is 2.78. The van der Waals surface area contributed by atoms with Crippen LogP contribution in [0.4, 0.5) is 5.00 Å². The third-order valence-electron chi connectivity index (χ3n) is 6.65. The first kappa shape index (κ1) is 19.2. The lowest BCUT2D eigenvalue weighted by molar-refractivity contribution is -0.118. The number of carbonyl (C=O) groups excluding carboxylic acids is 1. The number of morpholine rings is 1. The number of aromatic nitrogens is 1. The van der Waals surface area contributed by atoms with Gasteiger partial charge in [0.2, 0.25) is 5.91 Å². The number of anilines is 1. The lowest BCUT2D eigenvalue weighted by Crippen LogP contribution is -2.41. The predicted octanol–water partition coefficient (Wildman–Crippen LogP) is 2.79. The summed E-state index contributed by atoms with van der Waals surface area (Å²) in [6, 6.07) is 4.47. The summed E-state index contributed by atoms with van der Waals surface area (Å²) in [4.78, 5) is 17.8. The molecule has 0 spiro atoms. The maximum absolute atomic E-state index is 12.3. The van der Waals surface area contributed by atoms with E-state index in [2.05, 4.69) is 40.4 Å². The quantitative estimate of drug-likeness (QED) is 0.445. The Morgan fingerprint density at radius 3 is 2.86 bits per heavy atom. The predicted molar refractivity (Wildman–Crippen MR) is 116 cm³/mol. The van der Waals surface area contributed by atoms with Gasteiger partial charge in [0.1, 0.15) is 0 Å². The normalized spacial score (nSPS) is 28.8. The Morgan fingerprint density at radius 1 is 1.34 bits per heavy atom. The number of carbonyl (C=O) groups is 1. The van der Waals surface area contributed by atoms with E-state index < -0.39 is 0 Å². The molecule has 2 aliphatic heterocycles. The summed E-state index contributed by atoms with van der Waals surface area (Å²) in [6.45, 7) is 8.03. The topological polar surface area (TPSA) is 103 Å². The zero-order valence-corrected chi connectivity index (χ0v) is 17.9. The Kier molecular flexibility index (Phi) is 4.58. The number of nitrogens with one attached hydrogen (secondary N) is 4. The van der Waals surface area contributed by atoms with Crippen molar-refractivity contribution in [3.05, 3.63) is 17.8 Å². The number of thiophene rings is 1. The van der Waals surface area contributed by atoms with Crippen LogP contribution in [0.2, 0.25) is 0 Å². The Hall–Kier alpha value is -1.74. The number of rotatable bonds is 5. The van der Waals surface area contributed by atoms with Gasteiger partial charge in [-0.2, -0.15) is 0 Å². The number of ether oxygens (including phenoxy) is 1. The highest BCUT2D eigenvalue weighted by Gasteiger charge is 2.61. The molecule has 2 saturated heterocycles. The van der Waals surface area contributed by atoms with Gasteiger partial charge in [-0.3, -0.25) is 15.0 Å². The zero-order chi connectivity index (χ0) is 20.2. The number of hydrogen-bond donors (Lipinski definition) is 4. The van der Waals surface area contributed by atoms with Crippen molar-refractivity contribution in [3.8, 4) is 0 Å². The molecule has 8 heteroatoms. The molecular formula is C21H29N5O2S. The Morgan fingerprint density at radius 2 is 2.14 bits per heavy atom. The van der Waals surface area contributed by atoms with Crippen LogP contribution in [-0.2, 0) is 9.53 Å². The summed E-state index contributed by atoms with van der Waals surface area (Å²) in [6.07, 6.45) is 3.30. The lowest BCUT2D eigenvalue weighted by atomic mass is 9.71. The fraction of sp³-hybridized carbons (Fsp3) is 0.619. The molecule has 0 radical (unpaired) electrons. The van der Waals surface area contributed by atoms with Crippen LogP contribution in [0.1, 0.15) is 38.8 Å². The van der Waals surface area contributed by atoms with Gasteiger partial charge in [0, 0.05) is 19.1 Å². The Bertz CT molecular complexity index is 926. The molecule has 2 aromatic rings.